The zero-order valence-corrected chi connectivity index (χ0v) is 14.9. The molecule has 6 nitrogen and oxygen atoms in total. The van der Waals surface area contributed by atoms with Crippen LogP contribution in [0.2, 0.25) is 0 Å². The highest BCUT2D eigenvalue weighted by Gasteiger charge is 2.16. The number of nitrogens with one attached hydrogen (secondary N) is 1. The van der Waals surface area contributed by atoms with E-state index in [2.05, 4.69) is 5.32 Å². The molecule has 0 aliphatic heterocycles. The Balaban J connectivity index is 1.84. The van der Waals surface area contributed by atoms with Crippen molar-refractivity contribution in [2.24, 2.45) is 5.14 Å². The first-order chi connectivity index (χ1) is 12.4. The van der Waals surface area contributed by atoms with Crippen molar-refractivity contribution in [2.75, 3.05) is 12.4 Å². The Kier molecular flexibility index (Phi) is 4.92. The summed E-state index contributed by atoms with van der Waals surface area (Å²) in [7, 11) is -2.62. The minimum Gasteiger partial charge on any atom is -0.495 e. The molecule has 0 heterocycles. The van der Waals surface area contributed by atoms with Crippen molar-refractivity contribution in [1.29, 1.82) is 0 Å². The molecule has 26 heavy (non-hydrogen) atoms. The zero-order valence-electron chi connectivity index (χ0n) is 14.1. The fraction of sp³-hybridized carbons (Fsp3) is 0.105. The van der Waals surface area contributed by atoms with Gasteiger partial charge in [0.05, 0.1) is 13.5 Å². The van der Waals surface area contributed by atoms with Gasteiger partial charge in [0.25, 0.3) is 0 Å². The number of sulfonamides is 1. The highest BCUT2D eigenvalue weighted by molar-refractivity contribution is 7.89. The largest absolute Gasteiger partial charge is 0.495 e. The van der Waals surface area contributed by atoms with Crippen molar-refractivity contribution in [1.82, 2.24) is 0 Å². The van der Waals surface area contributed by atoms with Crippen molar-refractivity contribution in [3.63, 3.8) is 0 Å². The SMILES string of the molecule is COc1ccc(NC(=O)Cc2cccc3ccccc23)cc1S(N)(=O)=O. The van der Waals surface area contributed by atoms with Crippen molar-refractivity contribution >= 4 is 32.4 Å². The maximum atomic E-state index is 12.4. The van der Waals surface area contributed by atoms with E-state index in [1.165, 1.54) is 19.2 Å². The fourth-order valence-corrected chi connectivity index (χ4v) is 3.52. The number of methoxy groups -OCH3 is 1. The maximum absolute atomic E-state index is 12.4. The molecule has 0 radical (unpaired) electrons. The molecule has 0 aliphatic carbocycles. The number of primary sulfonamides is 1. The number of benzene rings is 3. The number of fused-ring (bicyclic) bond motifs is 1. The average molecular weight is 370 g/mol. The fourth-order valence-electron chi connectivity index (χ4n) is 2.80. The van der Waals surface area contributed by atoms with Crippen molar-refractivity contribution in [2.45, 2.75) is 11.3 Å². The number of ether oxygens (including phenoxy) is 1. The second-order valence-corrected chi connectivity index (χ2v) is 7.30. The summed E-state index contributed by atoms with van der Waals surface area (Å²) in [5.41, 5.74) is 1.22. The summed E-state index contributed by atoms with van der Waals surface area (Å²) in [4.78, 5) is 12.2. The standard InChI is InChI=1S/C19H18N2O4S/c1-25-17-10-9-15(12-18(17)26(20,23)24)21-19(22)11-14-7-4-6-13-5-2-3-8-16(13)14/h2-10,12H,11H2,1H3,(H,21,22)(H2,20,23,24). The first-order valence-electron chi connectivity index (χ1n) is 7.86. The third-order valence-corrected chi connectivity index (χ3v) is 4.92. The van der Waals surface area contributed by atoms with Gasteiger partial charge >= 0.3 is 0 Å². The van der Waals surface area contributed by atoms with Crippen LogP contribution in [0.4, 0.5) is 5.69 Å². The summed E-state index contributed by atoms with van der Waals surface area (Å²) in [6.07, 6.45) is 0.165. The van der Waals surface area contributed by atoms with Crippen molar-refractivity contribution in [3.8, 4) is 5.75 Å². The Morgan fingerprint density at radius 1 is 1.08 bits per heavy atom. The number of carbonyl (C=O) groups is 1. The number of nitrogens with two attached hydrogens (primary N) is 1. The normalized spacial score (nSPS) is 11.3. The van der Waals surface area contributed by atoms with Gasteiger partial charge in [-0.25, -0.2) is 13.6 Å². The third-order valence-electron chi connectivity index (χ3n) is 3.98. The topological polar surface area (TPSA) is 98.5 Å². The van der Waals surface area contributed by atoms with Gasteiger partial charge in [-0.2, -0.15) is 0 Å². The van der Waals surface area contributed by atoms with Gasteiger partial charge < -0.3 is 10.1 Å². The van der Waals surface area contributed by atoms with E-state index >= 15 is 0 Å². The third kappa shape index (κ3) is 3.84. The monoisotopic (exact) mass is 370 g/mol. The number of hydrogen-bond acceptors (Lipinski definition) is 4. The smallest absolute Gasteiger partial charge is 0.241 e. The molecule has 0 fully saturated rings. The lowest BCUT2D eigenvalue weighted by Gasteiger charge is -2.11. The molecule has 0 unspecified atom stereocenters. The number of anilines is 1. The molecule has 3 rings (SSSR count). The number of amides is 1. The van der Waals surface area contributed by atoms with Crippen LogP contribution in [0.25, 0.3) is 10.8 Å². The van der Waals surface area contributed by atoms with Crippen LogP contribution in [-0.4, -0.2) is 21.4 Å². The van der Waals surface area contributed by atoms with Crippen LogP contribution < -0.4 is 15.2 Å². The molecule has 0 aromatic heterocycles. The molecule has 3 N–H and O–H groups in total. The van der Waals surface area contributed by atoms with E-state index in [1.807, 2.05) is 42.5 Å². The van der Waals surface area contributed by atoms with E-state index in [0.717, 1.165) is 16.3 Å². The Morgan fingerprint density at radius 3 is 2.54 bits per heavy atom. The van der Waals surface area contributed by atoms with Gasteiger partial charge in [0.2, 0.25) is 15.9 Å². The van der Waals surface area contributed by atoms with E-state index in [4.69, 9.17) is 9.88 Å². The molecule has 3 aromatic rings. The van der Waals surface area contributed by atoms with E-state index in [0.29, 0.717) is 5.69 Å². The Labute approximate surface area is 151 Å². The first kappa shape index (κ1) is 17.9. The molecule has 3 aromatic carbocycles. The van der Waals surface area contributed by atoms with Gasteiger partial charge in [-0.05, 0) is 34.5 Å². The van der Waals surface area contributed by atoms with E-state index in [1.54, 1.807) is 6.07 Å². The van der Waals surface area contributed by atoms with Crippen LogP contribution >= 0.6 is 0 Å². The molecule has 0 saturated carbocycles. The van der Waals surface area contributed by atoms with E-state index in [9.17, 15) is 13.2 Å². The molecule has 1 amide bonds. The van der Waals surface area contributed by atoms with Crippen LogP contribution in [0.3, 0.4) is 0 Å². The summed E-state index contributed by atoms with van der Waals surface area (Å²) in [6, 6.07) is 17.9. The maximum Gasteiger partial charge on any atom is 0.241 e. The molecule has 0 spiro atoms. The molecule has 0 saturated heterocycles. The van der Waals surface area contributed by atoms with Crippen LogP contribution in [-0.2, 0) is 21.2 Å². The quantitative estimate of drug-likeness (QED) is 0.721. The number of rotatable bonds is 5. The second kappa shape index (κ2) is 7.15. The highest BCUT2D eigenvalue weighted by atomic mass is 32.2. The first-order valence-corrected chi connectivity index (χ1v) is 9.40. The highest BCUT2D eigenvalue weighted by Crippen LogP contribution is 2.26. The lowest BCUT2D eigenvalue weighted by atomic mass is 10.0. The Morgan fingerprint density at radius 2 is 1.81 bits per heavy atom. The molecule has 0 bridgehead atoms. The second-order valence-electron chi connectivity index (χ2n) is 5.77. The predicted octanol–water partition coefficient (Wildman–Crippen LogP) is 2.68. The van der Waals surface area contributed by atoms with Crippen molar-refractivity contribution in [3.05, 3.63) is 66.2 Å². The van der Waals surface area contributed by atoms with Gasteiger partial charge in [0.1, 0.15) is 10.6 Å². The predicted molar refractivity (Wildman–Crippen MR) is 101 cm³/mol. The van der Waals surface area contributed by atoms with Gasteiger partial charge in [-0.3, -0.25) is 4.79 Å². The van der Waals surface area contributed by atoms with Crippen molar-refractivity contribution < 1.29 is 17.9 Å². The van der Waals surface area contributed by atoms with Gasteiger partial charge in [0, 0.05) is 5.69 Å². The minimum absolute atomic E-state index is 0.125. The van der Waals surface area contributed by atoms with E-state index in [-0.39, 0.29) is 23.0 Å². The van der Waals surface area contributed by atoms with Crippen LogP contribution in [0.15, 0.2) is 65.6 Å². The summed E-state index contributed by atoms with van der Waals surface area (Å²) in [5.74, 6) is -0.133. The zero-order chi connectivity index (χ0) is 18.7. The van der Waals surface area contributed by atoms with Crippen LogP contribution in [0, 0.1) is 0 Å². The summed E-state index contributed by atoms with van der Waals surface area (Å²) in [5, 5.41) is 9.96. The summed E-state index contributed by atoms with van der Waals surface area (Å²) < 4.78 is 28.4. The lowest BCUT2D eigenvalue weighted by molar-refractivity contribution is -0.115. The molecule has 134 valence electrons. The van der Waals surface area contributed by atoms with Crippen LogP contribution in [0.1, 0.15) is 5.56 Å². The average Bonchev–Trinajstić information content (AvgIpc) is 2.61. The van der Waals surface area contributed by atoms with Gasteiger partial charge in [0.15, 0.2) is 0 Å². The van der Waals surface area contributed by atoms with E-state index < -0.39 is 10.0 Å². The molecule has 0 aliphatic rings. The van der Waals surface area contributed by atoms with Gasteiger partial charge in [-0.1, -0.05) is 42.5 Å². The molecule has 7 heteroatoms. The molecular formula is C19H18N2O4S. The Hall–Kier alpha value is -2.90. The molecule has 0 atom stereocenters. The lowest BCUT2D eigenvalue weighted by Crippen LogP contribution is -2.17. The summed E-state index contributed by atoms with van der Waals surface area (Å²) >= 11 is 0. The molecular weight excluding hydrogens is 352 g/mol. The number of carbonyl (C=O) groups excluding carboxylic acids is 1. The van der Waals surface area contributed by atoms with Crippen LogP contribution in [0.5, 0.6) is 5.75 Å². The Bertz CT molecular complexity index is 1070. The van der Waals surface area contributed by atoms with Gasteiger partial charge in [-0.15, -0.1) is 0 Å². The summed E-state index contributed by atoms with van der Waals surface area (Å²) in [6.45, 7) is 0. The minimum atomic E-state index is -3.97. The number of hydrogen-bond donors (Lipinski definition) is 2.